The second-order valence-electron chi connectivity index (χ2n) is 5.70. The van der Waals surface area contributed by atoms with Crippen LogP contribution in [0, 0.1) is 13.8 Å². The van der Waals surface area contributed by atoms with E-state index in [0.29, 0.717) is 17.7 Å². The van der Waals surface area contributed by atoms with E-state index in [0.717, 1.165) is 36.5 Å². The maximum atomic E-state index is 12.2. The minimum absolute atomic E-state index is 0.0149. The number of amides is 1. The fraction of sp³-hybridized carbons (Fsp3) is 0.533. The van der Waals surface area contributed by atoms with E-state index in [1.165, 1.54) is 11.3 Å². The number of aryl methyl sites for hydroxylation is 2. The number of carbonyl (C=O) groups is 1. The fourth-order valence-corrected chi connectivity index (χ4v) is 3.63. The molecule has 1 N–H and O–H groups in total. The molecule has 1 atom stereocenters. The van der Waals surface area contributed by atoms with Crippen molar-refractivity contribution in [3.05, 3.63) is 29.0 Å². The van der Waals surface area contributed by atoms with E-state index in [4.69, 9.17) is 0 Å². The van der Waals surface area contributed by atoms with Crippen molar-refractivity contribution in [3.63, 3.8) is 0 Å². The fourth-order valence-electron chi connectivity index (χ4n) is 2.80. The van der Waals surface area contributed by atoms with Crippen LogP contribution in [0.4, 0.5) is 5.13 Å². The third-order valence-corrected chi connectivity index (χ3v) is 5.07. The third kappa shape index (κ3) is 3.53. The number of anilines is 1. The lowest BCUT2D eigenvalue weighted by atomic mass is 10.2. The van der Waals surface area contributed by atoms with Crippen molar-refractivity contribution in [1.29, 1.82) is 0 Å². The first kappa shape index (κ1) is 15.2. The van der Waals surface area contributed by atoms with Crippen molar-refractivity contribution in [2.45, 2.75) is 39.3 Å². The van der Waals surface area contributed by atoms with Gasteiger partial charge in [0, 0.05) is 23.3 Å². The third-order valence-electron chi connectivity index (χ3n) is 4.08. The van der Waals surface area contributed by atoms with E-state index < -0.39 is 0 Å². The average molecular weight is 319 g/mol. The molecular formula is C15H21N5OS. The molecule has 3 heterocycles. The Morgan fingerprint density at radius 2 is 2.36 bits per heavy atom. The van der Waals surface area contributed by atoms with Gasteiger partial charge in [0.15, 0.2) is 5.13 Å². The predicted octanol–water partition coefficient (Wildman–Crippen LogP) is 2.06. The van der Waals surface area contributed by atoms with Crippen molar-refractivity contribution in [1.82, 2.24) is 19.7 Å². The quantitative estimate of drug-likeness (QED) is 0.916. The summed E-state index contributed by atoms with van der Waals surface area (Å²) in [6.45, 7) is 6.21. The molecule has 2 aromatic rings. The zero-order valence-electron chi connectivity index (χ0n) is 13.0. The number of rotatable bonds is 5. The monoisotopic (exact) mass is 319 g/mol. The van der Waals surface area contributed by atoms with Crippen LogP contribution in [0.25, 0.3) is 0 Å². The minimum atomic E-state index is 0.0149. The van der Waals surface area contributed by atoms with Gasteiger partial charge in [0.1, 0.15) is 0 Å². The van der Waals surface area contributed by atoms with Crippen LogP contribution in [-0.2, 0) is 11.3 Å². The molecule has 0 aromatic carbocycles. The summed E-state index contributed by atoms with van der Waals surface area (Å²) in [7, 11) is 0. The summed E-state index contributed by atoms with van der Waals surface area (Å²) in [6.07, 6.45) is 6.01. The number of nitrogens with zero attached hydrogens (tertiary/aromatic N) is 4. The molecule has 1 aliphatic rings. The summed E-state index contributed by atoms with van der Waals surface area (Å²) in [5.41, 5.74) is 0.984. The Bertz CT molecular complexity index is 617. The number of hydrogen-bond acceptors (Lipinski definition) is 5. The highest BCUT2D eigenvalue weighted by Crippen LogP contribution is 2.22. The highest BCUT2D eigenvalue weighted by Gasteiger charge is 2.26. The van der Waals surface area contributed by atoms with Crippen molar-refractivity contribution in [2.75, 3.05) is 18.4 Å². The van der Waals surface area contributed by atoms with E-state index in [1.807, 2.05) is 30.8 Å². The van der Waals surface area contributed by atoms with Gasteiger partial charge in [-0.25, -0.2) is 4.98 Å². The summed E-state index contributed by atoms with van der Waals surface area (Å²) in [6, 6.07) is 2.31. The van der Waals surface area contributed by atoms with E-state index in [9.17, 15) is 4.79 Å². The first-order valence-corrected chi connectivity index (χ1v) is 8.39. The molecule has 1 saturated heterocycles. The van der Waals surface area contributed by atoms with Gasteiger partial charge in [-0.05, 0) is 39.3 Å². The van der Waals surface area contributed by atoms with Crippen LogP contribution >= 0.6 is 11.3 Å². The Balaban J connectivity index is 1.55. The van der Waals surface area contributed by atoms with Crippen molar-refractivity contribution >= 4 is 22.4 Å². The lowest BCUT2D eigenvalue weighted by Gasteiger charge is -2.23. The molecule has 22 heavy (non-hydrogen) atoms. The molecule has 0 spiro atoms. The maximum absolute atomic E-state index is 12.2. The van der Waals surface area contributed by atoms with Crippen LogP contribution < -0.4 is 5.32 Å². The molecule has 1 fully saturated rings. The van der Waals surface area contributed by atoms with Gasteiger partial charge in [0.25, 0.3) is 0 Å². The SMILES string of the molecule is Cc1nc(NC(=O)CN2CCC[C@H]2Cn2cccn2)sc1C. The Hall–Kier alpha value is -1.73. The Labute approximate surface area is 134 Å². The van der Waals surface area contributed by atoms with Crippen molar-refractivity contribution in [2.24, 2.45) is 0 Å². The summed E-state index contributed by atoms with van der Waals surface area (Å²) in [5, 5.41) is 7.87. The summed E-state index contributed by atoms with van der Waals surface area (Å²) in [4.78, 5) is 20.0. The molecule has 0 saturated carbocycles. The van der Waals surface area contributed by atoms with Crippen LogP contribution in [0.1, 0.15) is 23.4 Å². The molecule has 0 bridgehead atoms. The van der Waals surface area contributed by atoms with Gasteiger partial charge in [-0.2, -0.15) is 5.10 Å². The number of thiazole rings is 1. The normalized spacial score (nSPS) is 18.7. The second kappa shape index (κ2) is 6.58. The molecule has 0 aliphatic carbocycles. The van der Waals surface area contributed by atoms with E-state index >= 15 is 0 Å². The number of carbonyl (C=O) groups excluding carboxylic acids is 1. The van der Waals surface area contributed by atoms with Crippen LogP contribution in [-0.4, -0.2) is 44.7 Å². The molecule has 6 nitrogen and oxygen atoms in total. The number of likely N-dealkylation sites (tertiary alicyclic amines) is 1. The predicted molar refractivity (Wildman–Crippen MR) is 87.0 cm³/mol. The molecular weight excluding hydrogens is 298 g/mol. The number of nitrogens with one attached hydrogen (secondary N) is 1. The number of hydrogen-bond donors (Lipinski definition) is 1. The summed E-state index contributed by atoms with van der Waals surface area (Å²) in [5.74, 6) is 0.0149. The molecule has 1 amide bonds. The molecule has 118 valence electrons. The minimum Gasteiger partial charge on any atom is -0.301 e. The van der Waals surface area contributed by atoms with Crippen LogP contribution in [0.3, 0.4) is 0 Å². The van der Waals surface area contributed by atoms with Gasteiger partial charge < -0.3 is 5.32 Å². The Morgan fingerprint density at radius 3 is 3.05 bits per heavy atom. The van der Waals surface area contributed by atoms with Crippen LogP contribution in [0.5, 0.6) is 0 Å². The highest BCUT2D eigenvalue weighted by atomic mass is 32.1. The van der Waals surface area contributed by atoms with E-state index in [2.05, 4.69) is 20.3 Å². The van der Waals surface area contributed by atoms with Gasteiger partial charge in [-0.1, -0.05) is 0 Å². The van der Waals surface area contributed by atoms with Crippen molar-refractivity contribution in [3.8, 4) is 0 Å². The van der Waals surface area contributed by atoms with E-state index in [1.54, 1.807) is 6.20 Å². The largest absolute Gasteiger partial charge is 0.301 e. The molecule has 3 rings (SSSR count). The van der Waals surface area contributed by atoms with Gasteiger partial charge in [0.05, 0.1) is 18.8 Å². The summed E-state index contributed by atoms with van der Waals surface area (Å²) >= 11 is 1.53. The Morgan fingerprint density at radius 1 is 1.50 bits per heavy atom. The molecule has 0 radical (unpaired) electrons. The first-order valence-electron chi connectivity index (χ1n) is 7.57. The van der Waals surface area contributed by atoms with E-state index in [-0.39, 0.29) is 5.91 Å². The zero-order valence-corrected chi connectivity index (χ0v) is 13.8. The lowest BCUT2D eigenvalue weighted by molar-refractivity contribution is -0.117. The molecule has 2 aromatic heterocycles. The second-order valence-corrected chi connectivity index (χ2v) is 6.91. The number of aromatic nitrogens is 3. The lowest BCUT2D eigenvalue weighted by Crippen LogP contribution is -2.39. The standard InChI is InChI=1S/C15H21N5OS/c1-11-12(2)22-15(17-11)18-14(21)10-19-7-3-5-13(19)9-20-8-4-6-16-20/h4,6,8,13H,3,5,7,9-10H2,1-2H3,(H,17,18,21)/t13-/m0/s1. The first-order chi connectivity index (χ1) is 10.6. The topological polar surface area (TPSA) is 63.1 Å². The molecule has 0 unspecified atom stereocenters. The van der Waals surface area contributed by atoms with Crippen LogP contribution in [0.15, 0.2) is 18.5 Å². The Kier molecular flexibility index (Phi) is 4.54. The smallest absolute Gasteiger partial charge is 0.240 e. The highest BCUT2D eigenvalue weighted by molar-refractivity contribution is 7.15. The van der Waals surface area contributed by atoms with Gasteiger partial charge in [-0.15, -0.1) is 11.3 Å². The molecule has 1 aliphatic heterocycles. The van der Waals surface area contributed by atoms with Crippen molar-refractivity contribution < 1.29 is 4.79 Å². The van der Waals surface area contributed by atoms with Crippen LogP contribution in [0.2, 0.25) is 0 Å². The van der Waals surface area contributed by atoms with Gasteiger partial charge in [0.2, 0.25) is 5.91 Å². The van der Waals surface area contributed by atoms with Gasteiger partial charge in [-0.3, -0.25) is 14.4 Å². The maximum Gasteiger partial charge on any atom is 0.240 e. The zero-order chi connectivity index (χ0) is 15.5. The van der Waals surface area contributed by atoms with Gasteiger partial charge >= 0.3 is 0 Å². The average Bonchev–Trinajstić information content (AvgIpc) is 3.17. The summed E-state index contributed by atoms with van der Waals surface area (Å²) < 4.78 is 1.94. The molecule has 7 heteroatoms.